The molecular weight excluding hydrogens is 252 g/mol. The number of aryl methyl sites for hydroxylation is 1. The Kier molecular flexibility index (Phi) is 5.01. The molecule has 2 rings (SSSR count). The number of hydrogen-bond donors (Lipinski definition) is 2. The second-order valence-corrected chi connectivity index (χ2v) is 5.62. The van der Waals surface area contributed by atoms with Crippen molar-refractivity contribution >= 4 is 6.03 Å². The van der Waals surface area contributed by atoms with Crippen LogP contribution >= 0.6 is 0 Å². The molecular formula is C16H24N2O2. The summed E-state index contributed by atoms with van der Waals surface area (Å²) in [4.78, 5) is 13.6. The Morgan fingerprint density at radius 3 is 3.00 bits per heavy atom. The molecule has 2 N–H and O–H groups in total. The molecule has 0 aromatic heterocycles. The molecule has 2 unspecified atom stereocenters. The van der Waals surface area contributed by atoms with Gasteiger partial charge in [0.1, 0.15) is 0 Å². The third-order valence-electron chi connectivity index (χ3n) is 4.24. The molecule has 0 bridgehead atoms. The van der Waals surface area contributed by atoms with Crippen LogP contribution < -0.4 is 5.32 Å². The lowest BCUT2D eigenvalue weighted by Gasteiger charge is -2.28. The zero-order valence-electron chi connectivity index (χ0n) is 12.3. The monoisotopic (exact) mass is 276 g/mol. The summed E-state index contributed by atoms with van der Waals surface area (Å²) in [5.41, 5.74) is 2.78. The lowest BCUT2D eigenvalue weighted by Crippen LogP contribution is -2.45. The van der Waals surface area contributed by atoms with Gasteiger partial charge in [0.05, 0.1) is 12.6 Å². The maximum Gasteiger partial charge on any atom is 0.317 e. The Balaban J connectivity index is 1.94. The molecule has 110 valence electrons. The van der Waals surface area contributed by atoms with Crippen molar-refractivity contribution in [1.82, 2.24) is 10.2 Å². The number of carbonyl (C=O) groups excluding carboxylic acids is 1. The van der Waals surface area contributed by atoms with Crippen molar-refractivity contribution < 1.29 is 9.90 Å². The van der Waals surface area contributed by atoms with Gasteiger partial charge < -0.3 is 15.3 Å². The summed E-state index contributed by atoms with van der Waals surface area (Å²) in [6.07, 6.45) is 3.44. The predicted molar refractivity (Wildman–Crippen MR) is 79.8 cm³/mol. The molecule has 1 aliphatic rings. The van der Waals surface area contributed by atoms with Crippen molar-refractivity contribution in [2.45, 2.75) is 38.1 Å². The van der Waals surface area contributed by atoms with E-state index in [4.69, 9.17) is 5.11 Å². The highest BCUT2D eigenvalue weighted by Crippen LogP contribution is 2.30. The average Bonchev–Trinajstić information content (AvgIpc) is 2.50. The molecule has 0 radical (unpaired) electrons. The van der Waals surface area contributed by atoms with Gasteiger partial charge in [-0.15, -0.1) is 0 Å². The van der Waals surface area contributed by atoms with Crippen LogP contribution in [-0.4, -0.2) is 42.3 Å². The van der Waals surface area contributed by atoms with E-state index >= 15 is 0 Å². The van der Waals surface area contributed by atoms with Crippen LogP contribution in [0.2, 0.25) is 0 Å². The number of rotatable bonds is 4. The number of urea groups is 1. The maximum absolute atomic E-state index is 12.0. The van der Waals surface area contributed by atoms with Crippen LogP contribution in [0.25, 0.3) is 0 Å². The molecule has 0 fully saturated rings. The van der Waals surface area contributed by atoms with Gasteiger partial charge >= 0.3 is 6.03 Å². The minimum Gasteiger partial charge on any atom is -0.394 e. The van der Waals surface area contributed by atoms with Crippen LogP contribution in [-0.2, 0) is 6.42 Å². The van der Waals surface area contributed by atoms with Crippen molar-refractivity contribution in [3.8, 4) is 0 Å². The van der Waals surface area contributed by atoms with Crippen LogP contribution in [0.3, 0.4) is 0 Å². The van der Waals surface area contributed by atoms with Gasteiger partial charge in [0.2, 0.25) is 0 Å². The molecule has 1 aliphatic carbocycles. The van der Waals surface area contributed by atoms with Crippen LogP contribution in [0.15, 0.2) is 24.3 Å². The fourth-order valence-corrected chi connectivity index (χ4v) is 2.72. The van der Waals surface area contributed by atoms with E-state index in [1.54, 1.807) is 11.9 Å². The minimum absolute atomic E-state index is 0.0177. The van der Waals surface area contributed by atoms with E-state index in [-0.39, 0.29) is 18.7 Å². The molecule has 0 saturated heterocycles. The molecule has 0 aliphatic heterocycles. The lowest BCUT2D eigenvalue weighted by molar-refractivity contribution is 0.157. The number of hydrogen-bond acceptors (Lipinski definition) is 2. The number of carbonyl (C=O) groups is 1. The summed E-state index contributed by atoms with van der Waals surface area (Å²) in [6, 6.07) is 8.23. The number of nitrogens with one attached hydrogen (secondary N) is 1. The maximum atomic E-state index is 12.0. The second-order valence-electron chi connectivity index (χ2n) is 5.62. The average molecular weight is 276 g/mol. The van der Waals surface area contributed by atoms with Crippen molar-refractivity contribution in [1.29, 1.82) is 0 Å². The van der Waals surface area contributed by atoms with Gasteiger partial charge in [-0.1, -0.05) is 24.3 Å². The molecule has 0 spiro atoms. The standard InChI is InChI=1S/C16H24N2O2/c1-12(11-19)18(2)16(20)17-10-14-8-5-7-13-6-3-4-9-15(13)14/h3-4,6,9,12,14,19H,5,7-8,10-11H2,1-2H3,(H,17,20). The summed E-state index contributed by atoms with van der Waals surface area (Å²) in [6.45, 7) is 2.48. The molecule has 0 saturated carbocycles. The summed E-state index contributed by atoms with van der Waals surface area (Å²) in [5.74, 6) is 0.404. The molecule has 0 heterocycles. The van der Waals surface area contributed by atoms with E-state index in [0.29, 0.717) is 12.5 Å². The van der Waals surface area contributed by atoms with Crippen molar-refractivity contribution in [2.75, 3.05) is 20.2 Å². The van der Waals surface area contributed by atoms with E-state index in [2.05, 4.69) is 29.6 Å². The van der Waals surface area contributed by atoms with Crippen LogP contribution in [0.5, 0.6) is 0 Å². The topological polar surface area (TPSA) is 52.6 Å². The normalized spacial score (nSPS) is 19.1. The van der Waals surface area contributed by atoms with Gasteiger partial charge in [-0.2, -0.15) is 0 Å². The van der Waals surface area contributed by atoms with E-state index in [1.807, 2.05) is 6.92 Å². The largest absolute Gasteiger partial charge is 0.394 e. The summed E-state index contributed by atoms with van der Waals surface area (Å²) >= 11 is 0. The summed E-state index contributed by atoms with van der Waals surface area (Å²) in [7, 11) is 1.71. The molecule has 1 aromatic carbocycles. The van der Waals surface area contributed by atoms with Gasteiger partial charge in [0.15, 0.2) is 0 Å². The van der Waals surface area contributed by atoms with E-state index < -0.39 is 0 Å². The highest BCUT2D eigenvalue weighted by Gasteiger charge is 2.21. The molecule has 2 atom stereocenters. The van der Waals surface area contributed by atoms with E-state index in [9.17, 15) is 4.79 Å². The predicted octanol–water partition coefficient (Wildman–Crippen LogP) is 2.13. The van der Waals surface area contributed by atoms with Gasteiger partial charge in [0, 0.05) is 19.5 Å². The molecule has 2 amide bonds. The van der Waals surface area contributed by atoms with E-state index in [1.165, 1.54) is 17.5 Å². The fourth-order valence-electron chi connectivity index (χ4n) is 2.72. The third kappa shape index (κ3) is 3.31. The third-order valence-corrected chi connectivity index (χ3v) is 4.24. The Hall–Kier alpha value is -1.55. The van der Waals surface area contributed by atoms with Gasteiger partial charge in [0.25, 0.3) is 0 Å². The molecule has 1 aromatic rings. The molecule has 4 heteroatoms. The van der Waals surface area contributed by atoms with Gasteiger partial charge in [-0.05, 0) is 37.3 Å². The second kappa shape index (κ2) is 6.75. The number of fused-ring (bicyclic) bond motifs is 1. The molecule has 4 nitrogen and oxygen atoms in total. The summed E-state index contributed by atoms with van der Waals surface area (Å²) < 4.78 is 0. The van der Waals surface area contributed by atoms with Crippen molar-refractivity contribution in [2.24, 2.45) is 0 Å². The first-order valence-corrected chi connectivity index (χ1v) is 7.32. The van der Waals surface area contributed by atoms with Gasteiger partial charge in [-0.3, -0.25) is 0 Å². The Morgan fingerprint density at radius 1 is 1.50 bits per heavy atom. The first kappa shape index (κ1) is 14.9. The van der Waals surface area contributed by atoms with Gasteiger partial charge in [-0.25, -0.2) is 4.79 Å². The smallest absolute Gasteiger partial charge is 0.317 e. The Morgan fingerprint density at radius 2 is 2.25 bits per heavy atom. The van der Waals surface area contributed by atoms with E-state index in [0.717, 1.165) is 12.8 Å². The number of aliphatic hydroxyl groups is 1. The first-order chi connectivity index (χ1) is 9.63. The van der Waals surface area contributed by atoms with Crippen LogP contribution in [0.4, 0.5) is 4.79 Å². The number of benzene rings is 1. The number of likely N-dealkylation sites (N-methyl/N-ethyl adjacent to an activating group) is 1. The van der Waals surface area contributed by atoms with Crippen molar-refractivity contribution in [3.05, 3.63) is 35.4 Å². The minimum atomic E-state index is -0.159. The van der Waals surface area contributed by atoms with Crippen molar-refractivity contribution in [3.63, 3.8) is 0 Å². The van der Waals surface area contributed by atoms with Crippen LogP contribution in [0.1, 0.15) is 36.8 Å². The fraction of sp³-hybridized carbons (Fsp3) is 0.562. The van der Waals surface area contributed by atoms with Crippen LogP contribution in [0, 0.1) is 0 Å². The lowest BCUT2D eigenvalue weighted by atomic mass is 9.83. The number of aliphatic hydroxyl groups excluding tert-OH is 1. The highest BCUT2D eigenvalue weighted by atomic mass is 16.3. The SMILES string of the molecule is CC(CO)N(C)C(=O)NCC1CCCc2ccccc21. The Labute approximate surface area is 120 Å². The number of nitrogens with zero attached hydrogens (tertiary/aromatic N) is 1. The number of amides is 2. The molecule has 20 heavy (non-hydrogen) atoms. The Bertz CT molecular complexity index is 462. The zero-order chi connectivity index (χ0) is 14.5. The first-order valence-electron chi connectivity index (χ1n) is 7.32. The highest BCUT2D eigenvalue weighted by molar-refractivity contribution is 5.74. The quantitative estimate of drug-likeness (QED) is 0.885. The summed E-state index contributed by atoms with van der Waals surface area (Å²) in [5, 5.41) is 12.1. The zero-order valence-corrected chi connectivity index (χ0v) is 12.3.